The third kappa shape index (κ3) is 7.99. The van der Waals surface area contributed by atoms with Crippen LogP contribution in [0.25, 0.3) is 0 Å². The molecule has 0 aromatic heterocycles. The summed E-state index contributed by atoms with van der Waals surface area (Å²) in [7, 11) is 0. The normalized spacial score (nSPS) is 13.5. The quantitative estimate of drug-likeness (QED) is 0.293. The Balaban J connectivity index is 2.83. The second-order valence-electron chi connectivity index (χ2n) is 7.68. The van der Waals surface area contributed by atoms with E-state index in [-0.39, 0.29) is 11.1 Å². The SMILES string of the molecule is CCCCCCCCC(CCC(=C(C#N)C#N)C1CCCCC1)=C(C#N)C#N. The molecule has 0 radical (unpaired) electrons. The van der Waals surface area contributed by atoms with E-state index < -0.39 is 0 Å². The molecular weight excluding hydrogens is 344 g/mol. The second kappa shape index (κ2) is 14.5. The Hall–Kier alpha value is -2.56. The topological polar surface area (TPSA) is 95.2 Å². The van der Waals surface area contributed by atoms with Gasteiger partial charge in [-0.25, -0.2) is 0 Å². The van der Waals surface area contributed by atoms with Crippen LogP contribution in [-0.2, 0) is 0 Å². The number of rotatable bonds is 11. The molecule has 0 atom stereocenters. The zero-order chi connectivity index (χ0) is 20.6. The summed E-state index contributed by atoms with van der Waals surface area (Å²) in [4.78, 5) is 0. The summed E-state index contributed by atoms with van der Waals surface area (Å²) >= 11 is 0. The molecule has 0 aliphatic heterocycles. The van der Waals surface area contributed by atoms with E-state index in [4.69, 9.17) is 0 Å². The maximum absolute atomic E-state index is 9.39. The standard InChI is InChI=1S/C24H32N4/c1-2-3-4-5-6-8-11-20(22(16-25)17-26)14-15-24(23(18-27)19-28)21-12-9-7-10-13-21/h21H,2-15H2,1H3. The molecule has 0 amide bonds. The molecule has 0 aromatic carbocycles. The van der Waals surface area contributed by atoms with Crippen LogP contribution in [-0.4, -0.2) is 0 Å². The first-order valence-electron chi connectivity index (χ1n) is 10.8. The highest BCUT2D eigenvalue weighted by atomic mass is 14.3. The van der Waals surface area contributed by atoms with Gasteiger partial charge in [-0.2, -0.15) is 21.0 Å². The van der Waals surface area contributed by atoms with Gasteiger partial charge in [-0.15, -0.1) is 0 Å². The molecule has 0 aromatic rings. The largest absolute Gasteiger partial charge is 0.192 e. The van der Waals surface area contributed by atoms with Crippen molar-refractivity contribution in [2.75, 3.05) is 0 Å². The van der Waals surface area contributed by atoms with E-state index in [2.05, 4.69) is 19.1 Å². The minimum absolute atomic E-state index is 0.215. The van der Waals surface area contributed by atoms with Crippen molar-refractivity contribution >= 4 is 0 Å². The van der Waals surface area contributed by atoms with Gasteiger partial charge in [-0.05, 0) is 55.6 Å². The molecule has 4 nitrogen and oxygen atoms in total. The summed E-state index contributed by atoms with van der Waals surface area (Å²) in [6, 6.07) is 8.24. The highest BCUT2D eigenvalue weighted by molar-refractivity contribution is 5.43. The van der Waals surface area contributed by atoms with Crippen molar-refractivity contribution in [3.05, 3.63) is 22.3 Å². The number of hydrogen-bond acceptors (Lipinski definition) is 4. The molecule has 0 spiro atoms. The molecule has 1 aliphatic rings. The van der Waals surface area contributed by atoms with Crippen molar-refractivity contribution in [1.29, 1.82) is 21.0 Å². The lowest BCUT2D eigenvalue weighted by molar-refractivity contribution is 0.393. The predicted octanol–water partition coefficient (Wildman–Crippen LogP) is 6.79. The van der Waals surface area contributed by atoms with Crippen molar-refractivity contribution in [1.82, 2.24) is 0 Å². The van der Waals surface area contributed by atoms with Gasteiger partial charge in [0.15, 0.2) is 0 Å². The lowest BCUT2D eigenvalue weighted by atomic mass is 9.79. The van der Waals surface area contributed by atoms with Gasteiger partial charge in [0.05, 0.1) is 0 Å². The van der Waals surface area contributed by atoms with Crippen LogP contribution in [0.3, 0.4) is 0 Å². The van der Waals surface area contributed by atoms with E-state index >= 15 is 0 Å². The van der Waals surface area contributed by atoms with E-state index in [1.807, 2.05) is 12.1 Å². The predicted molar refractivity (Wildman–Crippen MR) is 110 cm³/mol. The van der Waals surface area contributed by atoms with Gasteiger partial charge in [0, 0.05) is 0 Å². The van der Waals surface area contributed by atoms with Crippen molar-refractivity contribution in [3.63, 3.8) is 0 Å². The Kier molecular flexibility index (Phi) is 12.2. The Morgan fingerprint density at radius 3 is 1.82 bits per heavy atom. The maximum Gasteiger partial charge on any atom is 0.129 e. The van der Waals surface area contributed by atoms with E-state index in [0.29, 0.717) is 18.8 Å². The molecule has 0 N–H and O–H groups in total. The summed E-state index contributed by atoms with van der Waals surface area (Å²) in [5.74, 6) is 0.297. The van der Waals surface area contributed by atoms with Crippen LogP contribution in [0.15, 0.2) is 22.3 Å². The zero-order valence-electron chi connectivity index (χ0n) is 17.3. The maximum atomic E-state index is 9.39. The number of hydrogen-bond donors (Lipinski definition) is 0. The zero-order valence-corrected chi connectivity index (χ0v) is 17.3. The van der Waals surface area contributed by atoms with Crippen LogP contribution >= 0.6 is 0 Å². The van der Waals surface area contributed by atoms with Crippen LogP contribution in [0.5, 0.6) is 0 Å². The lowest BCUT2D eigenvalue weighted by Gasteiger charge is -2.25. The second-order valence-corrected chi connectivity index (χ2v) is 7.68. The molecule has 1 saturated carbocycles. The summed E-state index contributed by atoms with van der Waals surface area (Å²) in [6.45, 7) is 2.20. The minimum atomic E-state index is 0.215. The number of allylic oxidation sites excluding steroid dienone is 4. The third-order valence-corrected chi connectivity index (χ3v) is 5.75. The molecule has 0 unspecified atom stereocenters. The van der Waals surface area contributed by atoms with Gasteiger partial charge in [-0.3, -0.25) is 0 Å². The van der Waals surface area contributed by atoms with E-state index in [9.17, 15) is 21.0 Å². The Bertz CT molecular complexity index is 678. The van der Waals surface area contributed by atoms with Crippen LogP contribution in [0.1, 0.15) is 96.8 Å². The van der Waals surface area contributed by atoms with Crippen LogP contribution in [0, 0.1) is 51.2 Å². The van der Waals surface area contributed by atoms with Crippen molar-refractivity contribution in [3.8, 4) is 24.3 Å². The first-order chi connectivity index (χ1) is 13.7. The summed E-state index contributed by atoms with van der Waals surface area (Å²) in [5, 5.41) is 37.5. The highest BCUT2D eigenvalue weighted by Crippen LogP contribution is 2.35. The van der Waals surface area contributed by atoms with Gasteiger partial charge in [0.25, 0.3) is 0 Å². The third-order valence-electron chi connectivity index (χ3n) is 5.75. The summed E-state index contributed by atoms with van der Waals surface area (Å²) < 4.78 is 0. The van der Waals surface area contributed by atoms with Crippen molar-refractivity contribution in [2.45, 2.75) is 96.8 Å². The average Bonchev–Trinajstić information content (AvgIpc) is 2.74. The Labute approximate surface area is 170 Å². The lowest BCUT2D eigenvalue weighted by Crippen LogP contribution is -2.11. The van der Waals surface area contributed by atoms with Crippen LogP contribution < -0.4 is 0 Å². The van der Waals surface area contributed by atoms with E-state index in [1.165, 1.54) is 32.1 Å². The van der Waals surface area contributed by atoms with Crippen LogP contribution in [0.2, 0.25) is 0 Å². The molecule has 1 aliphatic carbocycles. The molecule has 148 valence electrons. The van der Waals surface area contributed by atoms with E-state index in [1.54, 1.807) is 0 Å². The highest BCUT2D eigenvalue weighted by Gasteiger charge is 2.22. The van der Waals surface area contributed by atoms with Crippen LogP contribution in [0.4, 0.5) is 0 Å². The fourth-order valence-electron chi connectivity index (χ4n) is 4.12. The molecule has 28 heavy (non-hydrogen) atoms. The monoisotopic (exact) mass is 376 g/mol. The Morgan fingerprint density at radius 1 is 0.679 bits per heavy atom. The minimum Gasteiger partial charge on any atom is -0.192 e. The van der Waals surface area contributed by atoms with Crippen molar-refractivity contribution < 1.29 is 0 Å². The van der Waals surface area contributed by atoms with Gasteiger partial charge >= 0.3 is 0 Å². The first-order valence-corrected chi connectivity index (χ1v) is 10.8. The summed E-state index contributed by atoms with van der Waals surface area (Å²) in [6.07, 6.45) is 14.5. The molecule has 0 saturated heterocycles. The Morgan fingerprint density at radius 2 is 1.25 bits per heavy atom. The van der Waals surface area contributed by atoms with Gasteiger partial charge < -0.3 is 0 Å². The first kappa shape index (κ1) is 23.5. The van der Waals surface area contributed by atoms with Gasteiger partial charge in [-0.1, -0.05) is 58.3 Å². The summed E-state index contributed by atoms with van der Waals surface area (Å²) in [5.41, 5.74) is 2.29. The molecule has 1 rings (SSSR count). The molecule has 4 heteroatoms. The molecule has 0 bridgehead atoms. The molecule has 0 heterocycles. The van der Waals surface area contributed by atoms with Gasteiger partial charge in [0.2, 0.25) is 0 Å². The number of nitriles is 4. The number of nitrogens with zero attached hydrogens (tertiary/aromatic N) is 4. The van der Waals surface area contributed by atoms with Gasteiger partial charge in [0.1, 0.15) is 35.4 Å². The average molecular weight is 377 g/mol. The fraction of sp³-hybridized carbons (Fsp3) is 0.667. The number of unbranched alkanes of at least 4 members (excludes halogenated alkanes) is 5. The van der Waals surface area contributed by atoms with E-state index in [0.717, 1.165) is 56.1 Å². The molecular formula is C24H32N4. The fourth-order valence-corrected chi connectivity index (χ4v) is 4.12. The van der Waals surface area contributed by atoms with Crippen molar-refractivity contribution in [2.24, 2.45) is 5.92 Å². The smallest absolute Gasteiger partial charge is 0.129 e. The molecule has 1 fully saturated rings.